The molecule has 0 aromatic heterocycles. The first-order chi connectivity index (χ1) is 7.99. The van der Waals surface area contributed by atoms with Gasteiger partial charge in [-0.25, -0.2) is 13.1 Å². The van der Waals surface area contributed by atoms with Gasteiger partial charge in [0.05, 0.1) is 17.0 Å². The molecule has 0 unspecified atom stereocenters. The van der Waals surface area contributed by atoms with Crippen molar-refractivity contribution in [3.63, 3.8) is 0 Å². The van der Waals surface area contributed by atoms with Crippen LogP contribution in [0.3, 0.4) is 0 Å². The van der Waals surface area contributed by atoms with Gasteiger partial charge in [0.25, 0.3) is 0 Å². The van der Waals surface area contributed by atoms with Gasteiger partial charge in [0.15, 0.2) is 0 Å². The molecule has 4 nitrogen and oxygen atoms in total. The highest BCUT2D eigenvalue weighted by molar-refractivity contribution is 9.10. The van der Waals surface area contributed by atoms with Crippen molar-refractivity contribution in [2.24, 2.45) is 0 Å². The monoisotopic (exact) mass is 319 g/mol. The lowest BCUT2D eigenvalue weighted by atomic mass is 9.78. The van der Waals surface area contributed by atoms with Gasteiger partial charge >= 0.3 is 0 Å². The standard InChI is InChI=1S/C11H14BrNO3S/c12-9-4-1-2-5-10(9)17(15,16)13-11(8-14)6-3-7-11/h1-2,4-5,13-14H,3,6-8H2. The second kappa shape index (κ2) is 4.68. The van der Waals surface area contributed by atoms with Crippen LogP contribution < -0.4 is 4.72 Å². The van der Waals surface area contributed by atoms with Crippen LogP contribution in [0.15, 0.2) is 33.6 Å². The topological polar surface area (TPSA) is 66.4 Å². The molecule has 0 bridgehead atoms. The van der Waals surface area contributed by atoms with Crippen molar-refractivity contribution in [1.82, 2.24) is 4.72 Å². The van der Waals surface area contributed by atoms with Crippen LogP contribution in [0.4, 0.5) is 0 Å². The second-order valence-electron chi connectivity index (χ2n) is 4.33. The number of aliphatic hydroxyl groups excluding tert-OH is 1. The quantitative estimate of drug-likeness (QED) is 0.886. The lowest BCUT2D eigenvalue weighted by molar-refractivity contribution is 0.110. The van der Waals surface area contributed by atoms with Gasteiger partial charge in [0.1, 0.15) is 0 Å². The molecule has 0 heterocycles. The molecule has 0 atom stereocenters. The van der Waals surface area contributed by atoms with Crippen molar-refractivity contribution >= 4 is 26.0 Å². The molecule has 2 rings (SSSR count). The van der Waals surface area contributed by atoms with Crippen molar-refractivity contribution in [2.45, 2.75) is 29.7 Å². The summed E-state index contributed by atoms with van der Waals surface area (Å²) < 4.78 is 27.5. The average Bonchev–Trinajstić information content (AvgIpc) is 2.24. The molecule has 6 heteroatoms. The van der Waals surface area contributed by atoms with Crippen molar-refractivity contribution in [3.05, 3.63) is 28.7 Å². The maximum atomic E-state index is 12.2. The zero-order valence-corrected chi connectivity index (χ0v) is 11.6. The van der Waals surface area contributed by atoms with Gasteiger partial charge in [-0.3, -0.25) is 0 Å². The molecule has 1 aromatic carbocycles. The molecule has 1 aliphatic carbocycles. The van der Waals surface area contributed by atoms with E-state index in [0.717, 1.165) is 6.42 Å². The Morgan fingerprint density at radius 2 is 2.00 bits per heavy atom. The van der Waals surface area contributed by atoms with Crippen LogP contribution in [0.25, 0.3) is 0 Å². The normalized spacial score (nSPS) is 18.7. The van der Waals surface area contributed by atoms with E-state index >= 15 is 0 Å². The van der Waals surface area contributed by atoms with Crippen LogP contribution in [0, 0.1) is 0 Å². The third kappa shape index (κ3) is 2.54. The van der Waals surface area contributed by atoms with Gasteiger partial charge < -0.3 is 5.11 Å². The maximum absolute atomic E-state index is 12.2. The summed E-state index contributed by atoms with van der Waals surface area (Å²) in [6, 6.07) is 6.65. The van der Waals surface area contributed by atoms with E-state index in [-0.39, 0.29) is 11.5 Å². The molecule has 0 saturated heterocycles. The van der Waals surface area contributed by atoms with E-state index in [1.165, 1.54) is 6.07 Å². The summed E-state index contributed by atoms with van der Waals surface area (Å²) in [4.78, 5) is 0.208. The number of benzene rings is 1. The van der Waals surface area contributed by atoms with E-state index in [0.29, 0.717) is 17.3 Å². The zero-order chi connectivity index (χ0) is 12.5. The Bertz CT molecular complexity index is 506. The van der Waals surface area contributed by atoms with Gasteiger partial charge in [-0.05, 0) is 47.3 Å². The molecule has 0 amide bonds. The fourth-order valence-electron chi connectivity index (χ4n) is 1.90. The lowest BCUT2D eigenvalue weighted by Crippen LogP contribution is -2.55. The molecule has 0 spiro atoms. The minimum atomic E-state index is -3.58. The van der Waals surface area contributed by atoms with Crippen LogP contribution in [0.2, 0.25) is 0 Å². The summed E-state index contributed by atoms with van der Waals surface area (Å²) in [6.45, 7) is -0.156. The van der Waals surface area contributed by atoms with E-state index in [4.69, 9.17) is 0 Å². The van der Waals surface area contributed by atoms with Crippen molar-refractivity contribution in [2.75, 3.05) is 6.61 Å². The third-order valence-corrected chi connectivity index (χ3v) is 5.68. The fourth-order valence-corrected chi connectivity index (χ4v) is 4.35. The minimum Gasteiger partial charge on any atom is -0.394 e. The van der Waals surface area contributed by atoms with Crippen molar-refractivity contribution in [3.8, 4) is 0 Å². The maximum Gasteiger partial charge on any atom is 0.242 e. The Kier molecular flexibility index (Phi) is 3.58. The summed E-state index contributed by atoms with van der Waals surface area (Å²) in [5, 5.41) is 9.28. The van der Waals surface area contributed by atoms with E-state index in [2.05, 4.69) is 20.7 Å². The first-order valence-corrected chi connectivity index (χ1v) is 7.66. The largest absolute Gasteiger partial charge is 0.394 e. The van der Waals surface area contributed by atoms with Crippen molar-refractivity contribution < 1.29 is 13.5 Å². The van der Waals surface area contributed by atoms with Crippen LogP contribution >= 0.6 is 15.9 Å². The van der Waals surface area contributed by atoms with E-state index in [1.54, 1.807) is 18.2 Å². The van der Waals surface area contributed by atoms with Gasteiger partial charge in [0, 0.05) is 4.47 Å². The zero-order valence-electron chi connectivity index (χ0n) is 9.19. The van der Waals surface area contributed by atoms with E-state index in [1.807, 2.05) is 0 Å². The molecule has 1 fully saturated rings. The SMILES string of the molecule is O=S(=O)(NC1(CO)CCC1)c1ccccc1Br. The van der Waals surface area contributed by atoms with E-state index in [9.17, 15) is 13.5 Å². The van der Waals surface area contributed by atoms with Gasteiger partial charge in [-0.1, -0.05) is 12.1 Å². The molecule has 1 aliphatic rings. The number of rotatable bonds is 4. The summed E-state index contributed by atoms with van der Waals surface area (Å²) in [7, 11) is -3.58. The minimum absolute atomic E-state index is 0.156. The molecule has 2 N–H and O–H groups in total. The molecule has 0 aliphatic heterocycles. The summed E-state index contributed by atoms with van der Waals surface area (Å²) in [5.41, 5.74) is -0.659. The van der Waals surface area contributed by atoms with Gasteiger partial charge in [-0.2, -0.15) is 0 Å². The van der Waals surface area contributed by atoms with Crippen LogP contribution in [-0.2, 0) is 10.0 Å². The predicted molar refractivity (Wildman–Crippen MR) is 68.1 cm³/mol. The third-order valence-electron chi connectivity index (χ3n) is 3.09. The number of aliphatic hydroxyl groups is 1. The lowest BCUT2D eigenvalue weighted by Gasteiger charge is -2.40. The Labute approximate surface area is 109 Å². The first kappa shape index (κ1) is 13.0. The smallest absolute Gasteiger partial charge is 0.242 e. The molecule has 94 valence electrons. The summed E-state index contributed by atoms with van der Waals surface area (Å²) >= 11 is 3.22. The number of halogens is 1. The average molecular weight is 320 g/mol. The number of nitrogens with one attached hydrogen (secondary N) is 1. The number of hydrogen-bond donors (Lipinski definition) is 2. The molecular weight excluding hydrogens is 306 g/mol. The van der Waals surface area contributed by atoms with Crippen LogP contribution in [-0.4, -0.2) is 25.7 Å². The molecule has 1 saturated carbocycles. The fraction of sp³-hybridized carbons (Fsp3) is 0.455. The molecular formula is C11H14BrNO3S. The Hall–Kier alpha value is -0.430. The first-order valence-electron chi connectivity index (χ1n) is 5.38. The Morgan fingerprint density at radius 1 is 1.35 bits per heavy atom. The highest BCUT2D eigenvalue weighted by atomic mass is 79.9. The summed E-state index contributed by atoms with van der Waals surface area (Å²) in [6.07, 6.45) is 2.32. The van der Waals surface area contributed by atoms with Gasteiger partial charge in [-0.15, -0.1) is 0 Å². The Balaban J connectivity index is 2.29. The highest BCUT2D eigenvalue weighted by Gasteiger charge is 2.40. The van der Waals surface area contributed by atoms with Crippen LogP contribution in [0.5, 0.6) is 0 Å². The van der Waals surface area contributed by atoms with Crippen LogP contribution in [0.1, 0.15) is 19.3 Å². The van der Waals surface area contributed by atoms with Gasteiger partial charge in [0.2, 0.25) is 10.0 Å². The summed E-state index contributed by atoms with van der Waals surface area (Å²) in [5.74, 6) is 0. The Morgan fingerprint density at radius 3 is 2.47 bits per heavy atom. The van der Waals surface area contributed by atoms with E-state index < -0.39 is 15.6 Å². The van der Waals surface area contributed by atoms with Crippen molar-refractivity contribution in [1.29, 1.82) is 0 Å². The highest BCUT2D eigenvalue weighted by Crippen LogP contribution is 2.33. The molecule has 0 radical (unpaired) electrons. The molecule has 1 aromatic rings. The predicted octanol–water partition coefficient (Wildman–Crippen LogP) is 1.64. The number of sulfonamides is 1. The molecule has 17 heavy (non-hydrogen) atoms. The second-order valence-corrected chi connectivity index (χ2v) is 6.83. The number of hydrogen-bond acceptors (Lipinski definition) is 3.